The predicted molar refractivity (Wildman–Crippen MR) is 39.6 cm³/mol. The number of ether oxygens (including phenoxy) is 1. The molecular weight excluding hydrogens is 114 g/mol. The van der Waals surface area contributed by atoms with Crippen LogP contribution < -0.4 is 5.32 Å². The van der Waals surface area contributed by atoms with Gasteiger partial charge in [-0.1, -0.05) is 6.92 Å². The maximum atomic E-state index is 5.37. The molecule has 0 aliphatic rings. The Balaban J connectivity index is 3.18. The van der Waals surface area contributed by atoms with E-state index in [4.69, 9.17) is 4.74 Å². The zero-order valence-electron chi connectivity index (χ0n) is 6.61. The number of likely N-dealkylation sites (N-methyl/N-ethyl adjacent to an activating group) is 1. The van der Waals surface area contributed by atoms with E-state index in [2.05, 4.69) is 12.2 Å². The quantitative estimate of drug-likeness (QED) is 0.601. The van der Waals surface area contributed by atoms with E-state index >= 15 is 0 Å². The van der Waals surface area contributed by atoms with Crippen LogP contribution in [0.1, 0.15) is 20.3 Å². The summed E-state index contributed by atoms with van der Waals surface area (Å²) in [4.78, 5) is 0. The van der Waals surface area contributed by atoms with E-state index < -0.39 is 0 Å². The standard InChI is InChI=1S/C7H17NO/c1-4-7(6-8-3)9-5-2/h7-8H,4-6H2,1-3H3. The summed E-state index contributed by atoms with van der Waals surface area (Å²) in [5.74, 6) is 0. The molecule has 0 aromatic rings. The van der Waals surface area contributed by atoms with Crippen LogP contribution in [0.3, 0.4) is 0 Å². The van der Waals surface area contributed by atoms with Crippen molar-refractivity contribution in [2.75, 3.05) is 20.2 Å². The van der Waals surface area contributed by atoms with E-state index in [-0.39, 0.29) is 0 Å². The average Bonchev–Trinajstić information content (AvgIpc) is 1.88. The van der Waals surface area contributed by atoms with Crippen LogP contribution in [0.4, 0.5) is 0 Å². The van der Waals surface area contributed by atoms with Gasteiger partial charge in [0.2, 0.25) is 0 Å². The summed E-state index contributed by atoms with van der Waals surface area (Å²) in [5.41, 5.74) is 0. The molecular formula is C7H17NO. The molecule has 1 atom stereocenters. The van der Waals surface area contributed by atoms with Crippen molar-refractivity contribution in [2.24, 2.45) is 0 Å². The third-order valence-electron chi connectivity index (χ3n) is 1.29. The van der Waals surface area contributed by atoms with Crippen LogP contribution >= 0.6 is 0 Å². The predicted octanol–water partition coefficient (Wildman–Crippen LogP) is 1.02. The normalized spacial score (nSPS) is 13.7. The maximum absolute atomic E-state index is 5.37. The minimum atomic E-state index is 0.403. The summed E-state index contributed by atoms with van der Waals surface area (Å²) in [6.07, 6.45) is 1.49. The van der Waals surface area contributed by atoms with Crippen LogP contribution in [-0.2, 0) is 4.74 Å². The van der Waals surface area contributed by atoms with E-state index in [0.717, 1.165) is 19.6 Å². The van der Waals surface area contributed by atoms with Gasteiger partial charge in [-0.25, -0.2) is 0 Å². The third-order valence-corrected chi connectivity index (χ3v) is 1.29. The Bertz CT molecular complexity index is 50.9. The van der Waals surface area contributed by atoms with Gasteiger partial charge in [0.25, 0.3) is 0 Å². The molecule has 0 bridgehead atoms. The highest BCUT2D eigenvalue weighted by molar-refractivity contribution is 4.55. The second-order valence-electron chi connectivity index (χ2n) is 2.04. The van der Waals surface area contributed by atoms with E-state index in [1.54, 1.807) is 0 Å². The summed E-state index contributed by atoms with van der Waals surface area (Å²) in [5, 5.41) is 3.08. The average molecular weight is 131 g/mol. The minimum Gasteiger partial charge on any atom is -0.377 e. The zero-order valence-corrected chi connectivity index (χ0v) is 6.61. The van der Waals surface area contributed by atoms with Gasteiger partial charge in [0.1, 0.15) is 0 Å². The van der Waals surface area contributed by atoms with Gasteiger partial charge in [0.15, 0.2) is 0 Å². The first-order valence-corrected chi connectivity index (χ1v) is 3.61. The van der Waals surface area contributed by atoms with Crippen LogP contribution in [0.5, 0.6) is 0 Å². The van der Waals surface area contributed by atoms with Crippen molar-refractivity contribution in [1.29, 1.82) is 0 Å². The Morgan fingerprint density at radius 2 is 2.11 bits per heavy atom. The highest BCUT2D eigenvalue weighted by Gasteiger charge is 2.01. The molecule has 1 N–H and O–H groups in total. The number of rotatable bonds is 5. The summed E-state index contributed by atoms with van der Waals surface area (Å²) in [6.45, 7) is 5.94. The van der Waals surface area contributed by atoms with Crippen molar-refractivity contribution in [2.45, 2.75) is 26.4 Å². The number of hydrogen-bond acceptors (Lipinski definition) is 2. The first-order valence-electron chi connectivity index (χ1n) is 3.61. The molecule has 0 aliphatic carbocycles. The van der Waals surface area contributed by atoms with Crippen LogP contribution in [0.2, 0.25) is 0 Å². The van der Waals surface area contributed by atoms with E-state index in [1.165, 1.54) is 0 Å². The van der Waals surface area contributed by atoms with Crippen molar-refractivity contribution in [3.8, 4) is 0 Å². The van der Waals surface area contributed by atoms with Crippen molar-refractivity contribution < 1.29 is 4.74 Å². The summed E-state index contributed by atoms with van der Waals surface area (Å²) >= 11 is 0. The molecule has 0 saturated carbocycles. The molecule has 0 fully saturated rings. The SMILES string of the molecule is CCOC(CC)CNC. The molecule has 1 unspecified atom stereocenters. The van der Waals surface area contributed by atoms with Gasteiger partial charge in [-0.05, 0) is 20.4 Å². The molecule has 0 radical (unpaired) electrons. The summed E-state index contributed by atoms with van der Waals surface area (Å²) < 4.78 is 5.37. The Labute approximate surface area is 57.6 Å². The van der Waals surface area contributed by atoms with Gasteiger partial charge in [0, 0.05) is 13.2 Å². The van der Waals surface area contributed by atoms with Crippen LogP contribution in [-0.4, -0.2) is 26.3 Å². The molecule has 0 spiro atoms. The monoisotopic (exact) mass is 131 g/mol. The van der Waals surface area contributed by atoms with Gasteiger partial charge in [-0.2, -0.15) is 0 Å². The molecule has 2 nitrogen and oxygen atoms in total. The summed E-state index contributed by atoms with van der Waals surface area (Å²) in [6, 6.07) is 0. The lowest BCUT2D eigenvalue weighted by Crippen LogP contribution is -2.25. The van der Waals surface area contributed by atoms with E-state index in [9.17, 15) is 0 Å². The number of hydrogen-bond donors (Lipinski definition) is 1. The third kappa shape index (κ3) is 4.43. The Morgan fingerprint density at radius 3 is 2.44 bits per heavy atom. The van der Waals surface area contributed by atoms with Crippen molar-refractivity contribution in [3.05, 3.63) is 0 Å². The van der Waals surface area contributed by atoms with Crippen LogP contribution in [0, 0.1) is 0 Å². The van der Waals surface area contributed by atoms with Crippen molar-refractivity contribution in [3.63, 3.8) is 0 Å². The first-order chi connectivity index (χ1) is 4.35. The second-order valence-corrected chi connectivity index (χ2v) is 2.04. The minimum absolute atomic E-state index is 0.403. The van der Waals surface area contributed by atoms with Crippen molar-refractivity contribution in [1.82, 2.24) is 5.32 Å². The molecule has 0 aromatic heterocycles. The molecule has 0 aromatic carbocycles. The lowest BCUT2D eigenvalue weighted by atomic mass is 10.3. The maximum Gasteiger partial charge on any atom is 0.0696 e. The van der Waals surface area contributed by atoms with Gasteiger partial charge >= 0.3 is 0 Å². The molecule has 0 aliphatic heterocycles. The highest BCUT2D eigenvalue weighted by atomic mass is 16.5. The van der Waals surface area contributed by atoms with Gasteiger partial charge in [-0.15, -0.1) is 0 Å². The largest absolute Gasteiger partial charge is 0.377 e. The van der Waals surface area contributed by atoms with Gasteiger partial charge in [-0.3, -0.25) is 0 Å². The van der Waals surface area contributed by atoms with Gasteiger partial charge in [0.05, 0.1) is 6.10 Å². The van der Waals surface area contributed by atoms with Crippen LogP contribution in [0.15, 0.2) is 0 Å². The molecule has 0 amide bonds. The fourth-order valence-corrected chi connectivity index (χ4v) is 0.784. The smallest absolute Gasteiger partial charge is 0.0696 e. The first kappa shape index (κ1) is 8.92. The Morgan fingerprint density at radius 1 is 1.44 bits per heavy atom. The van der Waals surface area contributed by atoms with Crippen LogP contribution in [0.25, 0.3) is 0 Å². The molecule has 0 rings (SSSR count). The lowest BCUT2D eigenvalue weighted by molar-refractivity contribution is 0.0616. The topological polar surface area (TPSA) is 21.3 Å². The zero-order chi connectivity index (χ0) is 7.11. The molecule has 0 saturated heterocycles. The highest BCUT2D eigenvalue weighted by Crippen LogP contribution is 1.94. The second kappa shape index (κ2) is 6.05. The van der Waals surface area contributed by atoms with E-state index in [0.29, 0.717) is 6.10 Å². The van der Waals surface area contributed by atoms with Crippen molar-refractivity contribution >= 4 is 0 Å². The molecule has 9 heavy (non-hydrogen) atoms. The Hall–Kier alpha value is -0.0800. The van der Waals surface area contributed by atoms with Gasteiger partial charge < -0.3 is 10.1 Å². The fraction of sp³-hybridized carbons (Fsp3) is 1.00. The number of nitrogens with one attached hydrogen (secondary N) is 1. The fourth-order valence-electron chi connectivity index (χ4n) is 0.784. The lowest BCUT2D eigenvalue weighted by Gasteiger charge is -2.13. The summed E-state index contributed by atoms with van der Waals surface area (Å²) in [7, 11) is 1.95. The molecule has 56 valence electrons. The molecule has 2 heteroatoms. The Kier molecular flexibility index (Phi) is 5.99. The van der Waals surface area contributed by atoms with E-state index in [1.807, 2.05) is 14.0 Å². The molecule has 0 heterocycles.